The summed E-state index contributed by atoms with van der Waals surface area (Å²) < 4.78 is 1.75. The van der Waals surface area contributed by atoms with Gasteiger partial charge in [-0.1, -0.05) is 12.1 Å². The van der Waals surface area contributed by atoms with Crippen LogP contribution < -0.4 is 5.73 Å². The molecule has 2 aromatic heterocycles. The van der Waals surface area contributed by atoms with Crippen LogP contribution in [0.1, 0.15) is 17.4 Å². The number of hydrogen-bond donors (Lipinski definition) is 1. The average molecular weight is 239 g/mol. The highest BCUT2D eigenvalue weighted by atomic mass is 15.3. The second kappa shape index (κ2) is 4.19. The van der Waals surface area contributed by atoms with Crippen molar-refractivity contribution < 1.29 is 0 Å². The van der Waals surface area contributed by atoms with E-state index in [4.69, 9.17) is 5.73 Å². The van der Waals surface area contributed by atoms with Gasteiger partial charge in [-0.05, 0) is 18.2 Å². The summed E-state index contributed by atoms with van der Waals surface area (Å²) in [6.45, 7) is 0. The fourth-order valence-corrected chi connectivity index (χ4v) is 1.96. The summed E-state index contributed by atoms with van der Waals surface area (Å²) in [6, 6.07) is 9.33. The molecule has 0 spiro atoms. The lowest BCUT2D eigenvalue weighted by molar-refractivity contribution is 0.664. The normalized spacial score (nSPS) is 12.8. The van der Waals surface area contributed by atoms with Crippen LogP contribution in [0.25, 0.3) is 11.0 Å². The molecule has 0 aliphatic rings. The van der Waals surface area contributed by atoms with Crippen molar-refractivity contribution in [1.82, 2.24) is 19.7 Å². The molecule has 3 aromatic rings. The molecule has 0 bridgehead atoms. The molecule has 18 heavy (non-hydrogen) atoms. The van der Waals surface area contributed by atoms with Gasteiger partial charge in [-0.25, -0.2) is 4.98 Å². The molecule has 0 saturated heterocycles. The van der Waals surface area contributed by atoms with E-state index in [1.54, 1.807) is 17.1 Å². The maximum Gasteiger partial charge on any atom is 0.0912 e. The van der Waals surface area contributed by atoms with Gasteiger partial charge in [0.2, 0.25) is 0 Å². The molecule has 0 radical (unpaired) electrons. The molecule has 0 saturated carbocycles. The van der Waals surface area contributed by atoms with Crippen LogP contribution in [-0.2, 0) is 7.05 Å². The molecule has 5 heteroatoms. The SMILES string of the molecule is Cn1nccc1C(N)c1cnc2ccccc2n1. The van der Waals surface area contributed by atoms with Crippen LogP contribution >= 0.6 is 0 Å². The van der Waals surface area contributed by atoms with Gasteiger partial charge in [0, 0.05) is 13.2 Å². The van der Waals surface area contributed by atoms with Crippen LogP contribution in [0.2, 0.25) is 0 Å². The third-order valence-electron chi connectivity index (χ3n) is 2.96. The molecule has 1 atom stereocenters. The molecule has 1 aromatic carbocycles. The Bertz CT molecular complexity index is 688. The molecule has 2 N–H and O–H groups in total. The smallest absolute Gasteiger partial charge is 0.0912 e. The number of aromatic nitrogens is 4. The molecule has 3 rings (SSSR count). The summed E-state index contributed by atoms with van der Waals surface area (Å²) >= 11 is 0. The maximum atomic E-state index is 6.19. The minimum atomic E-state index is -0.311. The second-order valence-corrected chi connectivity index (χ2v) is 4.14. The van der Waals surface area contributed by atoms with Crippen LogP contribution in [-0.4, -0.2) is 19.7 Å². The molecule has 2 heterocycles. The Morgan fingerprint density at radius 1 is 1.17 bits per heavy atom. The van der Waals surface area contributed by atoms with Crippen molar-refractivity contribution in [3.63, 3.8) is 0 Å². The molecule has 0 amide bonds. The van der Waals surface area contributed by atoms with Gasteiger partial charge in [0.25, 0.3) is 0 Å². The molecular weight excluding hydrogens is 226 g/mol. The van der Waals surface area contributed by atoms with Crippen LogP contribution in [0.15, 0.2) is 42.7 Å². The van der Waals surface area contributed by atoms with Crippen molar-refractivity contribution in [3.8, 4) is 0 Å². The number of benzene rings is 1. The first-order valence-electron chi connectivity index (χ1n) is 5.71. The van der Waals surface area contributed by atoms with Gasteiger partial charge in [-0.3, -0.25) is 9.67 Å². The summed E-state index contributed by atoms with van der Waals surface area (Å²) in [5, 5.41) is 4.11. The Kier molecular flexibility index (Phi) is 2.53. The average Bonchev–Trinajstić information content (AvgIpc) is 2.83. The monoisotopic (exact) mass is 239 g/mol. The second-order valence-electron chi connectivity index (χ2n) is 4.14. The predicted octanol–water partition coefficient (Wildman–Crippen LogP) is 1.41. The molecule has 5 nitrogen and oxygen atoms in total. The lowest BCUT2D eigenvalue weighted by Gasteiger charge is -2.11. The van der Waals surface area contributed by atoms with Gasteiger partial charge in [0.15, 0.2) is 0 Å². The molecule has 0 aliphatic carbocycles. The van der Waals surface area contributed by atoms with E-state index in [1.165, 1.54) is 0 Å². The fraction of sp³-hybridized carbons (Fsp3) is 0.154. The lowest BCUT2D eigenvalue weighted by atomic mass is 10.1. The highest BCUT2D eigenvalue weighted by Crippen LogP contribution is 2.18. The molecule has 90 valence electrons. The van der Waals surface area contributed by atoms with Crippen LogP contribution in [0, 0.1) is 0 Å². The van der Waals surface area contributed by atoms with Crippen LogP contribution in [0.4, 0.5) is 0 Å². The minimum Gasteiger partial charge on any atom is -0.318 e. The van der Waals surface area contributed by atoms with Crippen molar-refractivity contribution in [2.75, 3.05) is 0 Å². The van der Waals surface area contributed by atoms with Crippen LogP contribution in [0.3, 0.4) is 0 Å². The van der Waals surface area contributed by atoms with Crippen molar-refractivity contribution >= 4 is 11.0 Å². The Labute approximate surface area is 104 Å². The van der Waals surface area contributed by atoms with Gasteiger partial charge in [0.05, 0.1) is 34.7 Å². The molecule has 1 unspecified atom stereocenters. The molecule has 0 fully saturated rings. The Hall–Kier alpha value is -2.27. The maximum absolute atomic E-state index is 6.19. The van der Waals surface area contributed by atoms with Gasteiger partial charge < -0.3 is 5.73 Å². The summed E-state index contributed by atoms with van der Waals surface area (Å²) in [4.78, 5) is 8.91. The molecule has 0 aliphatic heterocycles. The first-order chi connectivity index (χ1) is 8.75. The van der Waals surface area contributed by atoms with E-state index in [2.05, 4.69) is 15.1 Å². The highest BCUT2D eigenvalue weighted by molar-refractivity contribution is 5.73. The summed E-state index contributed by atoms with van der Waals surface area (Å²) in [5.41, 5.74) is 9.58. The number of para-hydroxylation sites is 2. The number of nitrogens with two attached hydrogens (primary N) is 1. The number of aryl methyl sites for hydroxylation is 1. The zero-order valence-corrected chi connectivity index (χ0v) is 9.99. The van der Waals surface area contributed by atoms with E-state index in [0.717, 1.165) is 22.4 Å². The van der Waals surface area contributed by atoms with E-state index in [9.17, 15) is 0 Å². The van der Waals surface area contributed by atoms with Crippen molar-refractivity contribution in [2.45, 2.75) is 6.04 Å². The number of fused-ring (bicyclic) bond motifs is 1. The van der Waals surface area contributed by atoms with Crippen molar-refractivity contribution in [2.24, 2.45) is 12.8 Å². The van der Waals surface area contributed by atoms with Gasteiger partial charge in [0.1, 0.15) is 0 Å². The fourth-order valence-electron chi connectivity index (χ4n) is 1.96. The predicted molar refractivity (Wildman–Crippen MR) is 68.8 cm³/mol. The topological polar surface area (TPSA) is 69.6 Å². The standard InChI is InChI=1S/C13H13N5/c1-18-12(6-7-16-18)13(14)11-8-15-9-4-2-3-5-10(9)17-11/h2-8,13H,14H2,1H3. The third-order valence-corrected chi connectivity index (χ3v) is 2.96. The first kappa shape index (κ1) is 10.9. The van der Waals surface area contributed by atoms with E-state index >= 15 is 0 Å². The summed E-state index contributed by atoms with van der Waals surface area (Å²) in [7, 11) is 1.86. The number of rotatable bonds is 2. The van der Waals surface area contributed by atoms with E-state index in [1.807, 2.05) is 37.4 Å². The van der Waals surface area contributed by atoms with Gasteiger partial charge in [-0.2, -0.15) is 5.10 Å². The zero-order valence-electron chi connectivity index (χ0n) is 9.99. The quantitative estimate of drug-likeness (QED) is 0.734. The third kappa shape index (κ3) is 1.74. The van der Waals surface area contributed by atoms with Gasteiger partial charge >= 0.3 is 0 Å². The van der Waals surface area contributed by atoms with Crippen LogP contribution in [0.5, 0.6) is 0 Å². The minimum absolute atomic E-state index is 0.311. The van der Waals surface area contributed by atoms with Crippen molar-refractivity contribution in [1.29, 1.82) is 0 Å². The Balaban J connectivity index is 2.07. The molecular formula is C13H13N5. The Morgan fingerprint density at radius 3 is 2.67 bits per heavy atom. The largest absolute Gasteiger partial charge is 0.318 e. The number of nitrogens with zero attached hydrogens (tertiary/aromatic N) is 4. The zero-order chi connectivity index (χ0) is 12.5. The first-order valence-corrected chi connectivity index (χ1v) is 5.71. The van der Waals surface area contributed by atoms with Crippen molar-refractivity contribution in [3.05, 3.63) is 54.1 Å². The summed E-state index contributed by atoms with van der Waals surface area (Å²) in [6.07, 6.45) is 3.45. The summed E-state index contributed by atoms with van der Waals surface area (Å²) in [5.74, 6) is 0. The van der Waals surface area contributed by atoms with E-state index in [0.29, 0.717) is 0 Å². The Morgan fingerprint density at radius 2 is 1.94 bits per heavy atom. The number of hydrogen-bond acceptors (Lipinski definition) is 4. The van der Waals surface area contributed by atoms with Gasteiger partial charge in [-0.15, -0.1) is 0 Å². The van der Waals surface area contributed by atoms with E-state index < -0.39 is 0 Å². The highest BCUT2D eigenvalue weighted by Gasteiger charge is 2.14. The van der Waals surface area contributed by atoms with E-state index in [-0.39, 0.29) is 6.04 Å². The lowest BCUT2D eigenvalue weighted by Crippen LogP contribution is -2.17.